The highest BCUT2D eigenvalue weighted by molar-refractivity contribution is 5.66. The number of aryl methyl sites for hydroxylation is 1. The van der Waals surface area contributed by atoms with Crippen LogP contribution in [0.3, 0.4) is 0 Å². The van der Waals surface area contributed by atoms with Crippen molar-refractivity contribution in [3.63, 3.8) is 0 Å². The molecule has 1 spiro atoms. The van der Waals surface area contributed by atoms with Crippen LogP contribution in [0.1, 0.15) is 48.8 Å². The SMILES string of the molecule is Cc1cc(-c2ccc3c(c2)COC2(CCN(C4CCC4)CC2)O3)cnc1OCc1ccccc1. The zero-order valence-corrected chi connectivity index (χ0v) is 19.8. The van der Waals surface area contributed by atoms with Crippen LogP contribution in [0, 0.1) is 6.92 Å². The highest BCUT2D eigenvalue weighted by atomic mass is 16.7. The average Bonchev–Trinajstić information content (AvgIpc) is 2.84. The Morgan fingerprint density at radius 3 is 2.59 bits per heavy atom. The van der Waals surface area contributed by atoms with Crippen LogP contribution in [-0.4, -0.2) is 34.8 Å². The summed E-state index contributed by atoms with van der Waals surface area (Å²) in [4.78, 5) is 7.22. The highest BCUT2D eigenvalue weighted by Crippen LogP contribution is 2.40. The van der Waals surface area contributed by atoms with Crippen molar-refractivity contribution in [3.05, 3.63) is 77.5 Å². The average molecular weight is 457 g/mol. The molecule has 0 atom stereocenters. The molecule has 5 heteroatoms. The van der Waals surface area contributed by atoms with Gasteiger partial charge in [0.2, 0.25) is 11.7 Å². The van der Waals surface area contributed by atoms with Gasteiger partial charge in [-0.05, 0) is 49.1 Å². The van der Waals surface area contributed by atoms with Crippen LogP contribution >= 0.6 is 0 Å². The molecule has 3 aromatic rings. The van der Waals surface area contributed by atoms with E-state index in [9.17, 15) is 0 Å². The summed E-state index contributed by atoms with van der Waals surface area (Å²) < 4.78 is 18.7. The van der Waals surface area contributed by atoms with Gasteiger partial charge in [0.1, 0.15) is 12.4 Å². The number of nitrogens with zero attached hydrogens (tertiary/aromatic N) is 2. The van der Waals surface area contributed by atoms with Gasteiger partial charge in [0.05, 0.1) is 6.61 Å². The summed E-state index contributed by atoms with van der Waals surface area (Å²) in [6, 6.07) is 19.5. The molecule has 2 aromatic carbocycles. The second kappa shape index (κ2) is 9.05. The zero-order valence-electron chi connectivity index (χ0n) is 19.8. The van der Waals surface area contributed by atoms with Gasteiger partial charge in [0, 0.05) is 54.9 Å². The zero-order chi connectivity index (χ0) is 23.0. The second-order valence-electron chi connectivity index (χ2n) is 9.86. The molecule has 34 heavy (non-hydrogen) atoms. The predicted octanol–water partition coefficient (Wildman–Crippen LogP) is 5.89. The van der Waals surface area contributed by atoms with E-state index in [1.807, 2.05) is 31.3 Å². The van der Waals surface area contributed by atoms with E-state index in [0.29, 0.717) is 19.1 Å². The van der Waals surface area contributed by atoms with Gasteiger partial charge in [0.15, 0.2) is 0 Å². The number of likely N-dealkylation sites (tertiary alicyclic amines) is 1. The lowest BCUT2D eigenvalue weighted by molar-refractivity contribution is -0.231. The first kappa shape index (κ1) is 21.6. The van der Waals surface area contributed by atoms with Crippen LogP contribution in [0.15, 0.2) is 60.8 Å². The molecule has 6 rings (SSSR count). The fourth-order valence-electron chi connectivity index (χ4n) is 5.24. The van der Waals surface area contributed by atoms with Crippen LogP contribution < -0.4 is 9.47 Å². The van der Waals surface area contributed by atoms with Gasteiger partial charge in [-0.15, -0.1) is 0 Å². The van der Waals surface area contributed by atoms with E-state index in [4.69, 9.17) is 14.2 Å². The molecular weight excluding hydrogens is 424 g/mol. The number of hydrogen-bond acceptors (Lipinski definition) is 5. The number of piperidine rings is 1. The summed E-state index contributed by atoms with van der Waals surface area (Å²) in [5, 5.41) is 0. The number of benzene rings is 2. The van der Waals surface area contributed by atoms with Crippen molar-refractivity contribution < 1.29 is 14.2 Å². The Kier molecular flexibility index (Phi) is 5.75. The maximum Gasteiger partial charge on any atom is 0.216 e. The quantitative estimate of drug-likeness (QED) is 0.479. The maximum atomic E-state index is 6.46. The van der Waals surface area contributed by atoms with Crippen LogP contribution in [-0.2, 0) is 18.0 Å². The minimum absolute atomic E-state index is 0.454. The fraction of sp³-hybridized carbons (Fsp3) is 0.414. The van der Waals surface area contributed by atoms with Crippen molar-refractivity contribution in [2.45, 2.75) is 64.1 Å². The highest BCUT2D eigenvalue weighted by Gasteiger charge is 2.42. The molecule has 0 bridgehead atoms. The van der Waals surface area contributed by atoms with Crippen molar-refractivity contribution >= 4 is 0 Å². The molecule has 1 aliphatic carbocycles. The van der Waals surface area contributed by atoms with Gasteiger partial charge >= 0.3 is 0 Å². The summed E-state index contributed by atoms with van der Waals surface area (Å²) in [6.45, 7) is 5.30. The van der Waals surface area contributed by atoms with Gasteiger partial charge in [-0.3, -0.25) is 4.90 Å². The number of fused-ring (bicyclic) bond motifs is 1. The molecule has 5 nitrogen and oxygen atoms in total. The minimum Gasteiger partial charge on any atom is -0.473 e. The van der Waals surface area contributed by atoms with Crippen molar-refractivity contribution in [1.29, 1.82) is 0 Å². The maximum absolute atomic E-state index is 6.46. The van der Waals surface area contributed by atoms with E-state index in [-0.39, 0.29) is 0 Å². The molecule has 0 N–H and O–H groups in total. The number of ether oxygens (including phenoxy) is 3. The predicted molar refractivity (Wildman–Crippen MR) is 132 cm³/mol. The Hall–Kier alpha value is -2.89. The molecule has 2 aliphatic heterocycles. The van der Waals surface area contributed by atoms with E-state index in [2.05, 4.69) is 46.3 Å². The molecule has 0 unspecified atom stereocenters. The third kappa shape index (κ3) is 4.30. The molecule has 3 aliphatic rings. The molecule has 0 amide bonds. The van der Waals surface area contributed by atoms with Gasteiger partial charge in [-0.2, -0.15) is 0 Å². The third-order valence-electron chi connectivity index (χ3n) is 7.58. The van der Waals surface area contributed by atoms with E-state index in [0.717, 1.165) is 65.5 Å². The number of pyridine rings is 1. The van der Waals surface area contributed by atoms with Crippen molar-refractivity contribution in [2.75, 3.05) is 13.1 Å². The first-order valence-corrected chi connectivity index (χ1v) is 12.5. The van der Waals surface area contributed by atoms with Crippen molar-refractivity contribution in [3.8, 4) is 22.8 Å². The van der Waals surface area contributed by atoms with E-state index in [1.165, 1.54) is 19.3 Å². The van der Waals surface area contributed by atoms with Gasteiger partial charge in [-0.1, -0.05) is 42.8 Å². The lowest BCUT2D eigenvalue weighted by Gasteiger charge is -2.47. The standard InChI is InChI=1S/C29H32N2O3/c1-21-16-24(18-30-28(21)32-19-22-6-3-2-4-7-22)23-10-11-27-25(17-23)20-33-29(34-27)12-14-31(15-13-29)26-8-5-9-26/h2-4,6-7,10-11,16-18,26H,5,8-9,12-15,19-20H2,1H3. The number of hydrogen-bond donors (Lipinski definition) is 0. The molecule has 0 radical (unpaired) electrons. The monoisotopic (exact) mass is 456 g/mol. The summed E-state index contributed by atoms with van der Waals surface area (Å²) in [5.74, 6) is 1.18. The molecule has 2 fully saturated rings. The van der Waals surface area contributed by atoms with Crippen LogP contribution in [0.5, 0.6) is 11.6 Å². The van der Waals surface area contributed by atoms with Crippen LogP contribution in [0.4, 0.5) is 0 Å². The molecule has 176 valence electrons. The summed E-state index contributed by atoms with van der Waals surface area (Å²) in [6.07, 6.45) is 7.87. The van der Waals surface area contributed by atoms with E-state index >= 15 is 0 Å². The number of aromatic nitrogens is 1. The molecule has 1 saturated heterocycles. The summed E-state index contributed by atoms with van der Waals surface area (Å²) in [7, 11) is 0. The molecule has 1 aromatic heterocycles. The summed E-state index contributed by atoms with van der Waals surface area (Å²) >= 11 is 0. The number of rotatable bonds is 5. The van der Waals surface area contributed by atoms with Crippen LogP contribution in [0.2, 0.25) is 0 Å². The van der Waals surface area contributed by atoms with Crippen LogP contribution in [0.25, 0.3) is 11.1 Å². The Labute approximate surface area is 201 Å². The van der Waals surface area contributed by atoms with E-state index in [1.54, 1.807) is 0 Å². The Balaban J connectivity index is 1.13. The Morgan fingerprint density at radius 2 is 1.85 bits per heavy atom. The first-order chi connectivity index (χ1) is 16.7. The van der Waals surface area contributed by atoms with E-state index < -0.39 is 5.79 Å². The molecular formula is C29H32N2O3. The smallest absolute Gasteiger partial charge is 0.216 e. The van der Waals surface area contributed by atoms with Crippen molar-refractivity contribution in [2.24, 2.45) is 0 Å². The van der Waals surface area contributed by atoms with Crippen molar-refractivity contribution in [1.82, 2.24) is 9.88 Å². The first-order valence-electron chi connectivity index (χ1n) is 12.5. The van der Waals surface area contributed by atoms with Gasteiger partial charge in [0.25, 0.3) is 0 Å². The topological polar surface area (TPSA) is 43.8 Å². The largest absolute Gasteiger partial charge is 0.473 e. The van der Waals surface area contributed by atoms with Gasteiger partial charge in [-0.25, -0.2) is 4.98 Å². The lowest BCUT2D eigenvalue weighted by Crippen LogP contribution is -2.54. The molecule has 3 heterocycles. The second-order valence-corrected chi connectivity index (χ2v) is 9.86. The lowest BCUT2D eigenvalue weighted by atomic mass is 9.89. The summed E-state index contributed by atoms with van der Waals surface area (Å²) in [5.41, 5.74) is 5.45. The Morgan fingerprint density at radius 1 is 1.03 bits per heavy atom. The molecule has 1 saturated carbocycles. The third-order valence-corrected chi connectivity index (χ3v) is 7.58. The normalized spacial score (nSPS) is 19.8. The Bertz CT molecular complexity index is 1150. The minimum atomic E-state index is -0.454. The fourth-order valence-corrected chi connectivity index (χ4v) is 5.24. The van der Waals surface area contributed by atoms with Gasteiger partial charge < -0.3 is 14.2 Å².